The van der Waals surface area contributed by atoms with Gasteiger partial charge in [-0.2, -0.15) is 0 Å². The molecule has 1 aliphatic heterocycles. The molecular formula is C13H15FN2S. The van der Waals surface area contributed by atoms with Crippen LogP contribution in [0.5, 0.6) is 0 Å². The van der Waals surface area contributed by atoms with E-state index >= 15 is 0 Å². The largest absolute Gasteiger partial charge is 0.305 e. The molecule has 1 atom stereocenters. The van der Waals surface area contributed by atoms with Crippen LogP contribution < -0.4 is 5.32 Å². The molecule has 2 aromatic rings. The van der Waals surface area contributed by atoms with Crippen LogP contribution in [-0.2, 0) is 5.54 Å². The van der Waals surface area contributed by atoms with Crippen molar-refractivity contribution in [2.24, 2.45) is 0 Å². The fourth-order valence-electron chi connectivity index (χ4n) is 2.54. The molecule has 1 aromatic carbocycles. The maximum absolute atomic E-state index is 13.2. The maximum Gasteiger partial charge on any atom is 0.124 e. The van der Waals surface area contributed by atoms with Crippen molar-refractivity contribution in [3.8, 4) is 0 Å². The molecule has 0 saturated carbocycles. The van der Waals surface area contributed by atoms with Crippen molar-refractivity contribution in [3.05, 3.63) is 29.0 Å². The number of nitrogens with zero attached hydrogens (tertiary/aromatic N) is 1. The molecule has 2 heterocycles. The lowest BCUT2D eigenvalue weighted by molar-refractivity contribution is 0.375. The van der Waals surface area contributed by atoms with Gasteiger partial charge in [-0.15, -0.1) is 11.3 Å². The molecule has 1 aliphatic rings. The van der Waals surface area contributed by atoms with E-state index in [1.54, 1.807) is 23.5 Å². The monoisotopic (exact) mass is 250 g/mol. The molecule has 1 N–H and O–H groups in total. The Balaban J connectivity index is 2.11. The van der Waals surface area contributed by atoms with Crippen molar-refractivity contribution < 1.29 is 4.39 Å². The summed E-state index contributed by atoms with van der Waals surface area (Å²) in [5, 5.41) is 4.68. The van der Waals surface area contributed by atoms with E-state index in [0.29, 0.717) is 0 Å². The molecule has 0 aliphatic carbocycles. The third-order valence-corrected chi connectivity index (χ3v) is 4.83. The predicted octanol–water partition coefficient (Wildman–Crippen LogP) is 3.42. The number of hydrogen-bond acceptors (Lipinski definition) is 3. The molecule has 0 spiro atoms. The van der Waals surface area contributed by atoms with Gasteiger partial charge in [0.05, 0.1) is 15.8 Å². The average Bonchev–Trinajstić information content (AvgIpc) is 2.94. The highest BCUT2D eigenvalue weighted by Gasteiger charge is 2.36. The van der Waals surface area contributed by atoms with Crippen molar-refractivity contribution >= 4 is 21.6 Å². The number of nitrogens with one attached hydrogen (secondary N) is 1. The number of hydrogen-bond donors (Lipinski definition) is 1. The van der Waals surface area contributed by atoms with Crippen molar-refractivity contribution in [1.82, 2.24) is 10.3 Å². The molecule has 90 valence electrons. The van der Waals surface area contributed by atoms with Gasteiger partial charge < -0.3 is 5.32 Å². The van der Waals surface area contributed by atoms with E-state index in [1.807, 2.05) is 0 Å². The lowest BCUT2D eigenvalue weighted by atomic mass is 9.95. The molecule has 3 rings (SSSR count). The summed E-state index contributed by atoms with van der Waals surface area (Å²) in [5.74, 6) is -0.183. The first kappa shape index (κ1) is 11.1. The molecular weight excluding hydrogens is 235 g/mol. The lowest BCUT2D eigenvalue weighted by Crippen LogP contribution is -2.35. The molecule has 1 unspecified atom stereocenters. The highest BCUT2D eigenvalue weighted by molar-refractivity contribution is 7.18. The minimum Gasteiger partial charge on any atom is -0.305 e. The minimum absolute atomic E-state index is 0.0279. The fraction of sp³-hybridized carbons (Fsp3) is 0.462. The Hall–Kier alpha value is -1.00. The summed E-state index contributed by atoms with van der Waals surface area (Å²) in [6.45, 7) is 3.24. The SMILES string of the molecule is CCC1(c2nc3ccc(F)cc3s2)CCCN1. The van der Waals surface area contributed by atoms with Gasteiger partial charge in [0.25, 0.3) is 0 Å². The van der Waals surface area contributed by atoms with Crippen LogP contribution >= 0.6 is 11.3 Å². The van der Waals surface area contributed by atoms with Crippen LogP contribution in [0.4, 0.5) is 4.39 Å². The van der Waals surface area contributed by atoms with Crippen LogP contribution in [0.25, 0.3) is 10.2 Å². The topological polar surface area (TPSA) is 24.9 Å². The predicted molar refractivity (Wildman–Crippen MR) is 68.8 cm³/mol. The Kier molecular flexibility index (Phi) is 2.64. The second-order valence-corrected chi connectivity index (χ2v) is 5.63. The Morgan fingerprint density at radius 2 is 2.41 bits per heavy atom. The lowest BCUT2D eigenvalue weighted by Gasteiger charge is -2.25. The van der Waals surface area contributed by atoms with Crippen LogP contribution in [0.1, 0.15) is 31.2 Å². The van der Waals surface area contributed by atoms with E-state index in [2.05, 4.69) is 17.2 Å². The van der Waals surface area contributed by atoms with E-state index in [1.165, 1.54) is 12.5 Å². The first-order valence-electron chi connectivity index (χ1n) is 6.05. The smallest absolute Gasteiger partial charge is 0.124 e. The third kappa shape index (κ3) is 1.76. The summed E-state index contributed by atoms with van der Waals surface area (Å²) < 4.78 is 14.1. The molecule has 4 heteroatoms. The Bertz CT molecular complexity index is 543. The molecule has 0 radical (unpaired) electrons. The normalized spacial score (nSPS) is 24.6. The van der Waals surface area contributed by atoms with Gasteiger partial charge in [-0.05, 0) is 44.0 Å². The van der Waals surface area contributed by atoms with E-state index in [-0.39, 0.29) is 11.4 Å². The van der Waals surface area contributed by atoms with E-state index < -0.39 is 0 Å². The van der Waals surface area contributed by atoms with Crippen LogP contribution in [0.2, 0.25) is 0 Å². The summed E-state index contributed by atoms with van der Waals surface area (Å²) in [6.07, 6.45) is 3.36. The fourth-order valence-corrected chi connectivity index (χ4v) is 3.80. The highest BCUT2D eigenvalue weighted by Crippen LogP contribution is 2.38. The minimum atomic E-state index is -0.183. The average molecular weight is 250 g/mol. The summed E-state index contributed by atoms with van der Waals surface area (Å²) in [5.41, 5.74) is 0.938. The summed E-state index contributed by atoms with van der Waals surface area (Å²) in [6, 6.07) is 4.82. The van der Waals surface area contributed by atoms with Crippen LogP contribution in [0.15, 0.2) is 18.2 Å². The molecule has 0 bridgehead atoms. The third-order valence-electron chi connectivity index (χ3n) is 3.61. The maximum atomic E-state index is 13.2. The van der Waals surface area contributed by atoms with Gasteiger partial charge in [0.2, 0.25) is 0 Å². The standard InChI is InChI=1S/C13H15FN2S/c1-2-13(6-3-7-15-13)12-16-10-5-4-9(14)8-11(10)17-12/h4-5,8,15H,2-3,6-7H2,1H3. The van der Waals surface area contributed by atoms with Crippen molar-refractivity contribution in [1.29, 1.82) is 0 Å². The molecule has 17 heavy (non-hydrogen) atoms. The highest BCUT2D eigenvalue weighted by atomic mass is 32.1. The number of benzene rings is 1. The molecule has 1 saturated heterocycles. The second kappa shape index (κ2) is 4.03. The number of fused-ring (bicyclic) bond motifs is 1. The van der Waals surface area contributed by atoms with Gasteiger partial charge in [0.1, 0.15) is 10.8 Å². The summed E-state index contributed by atoms with van der Waals surface area (Å²) >= 11 is 1.62. The first-order valence-corrected chi connectivity index (χ1v) is 6.87. The van der Waals surface area contributed by atoms with E-state index in [9.17, 15) is 4.39 Å². The van der Waals surface area contributed by atoms with Gasteiger partial charge in [-0.25, -0.2) is 9.37 Å². The Morgan fingerprint density at radius 1 is 1.53 bits per heavy atom. The summed E-state index contributed by atoms with van der Waals surface area (Å²) in [7, 11) is 0. The van der Waals surface area contributed by atoms with Crippen LogP contribution in [-0.4, -0.2) is 11.5 Å². The van der Waals surface area contributed by atoms with E-state index in [0.717, 1.165) is 34.6 Å². The summed E-state index contributed by atoms with van der Waals surface area (Å²) in [4.78, 5) is 4.67. The molecule has 2 nitrogen and oxygen atoms in total. The zero-order valence-electron chi connectivity index (χ0n) is 9.79. The zero-order valence-corrected chi connectivity index (χ0v) is 10.6. The van der Waals surface area contributed by atoms with E-state index in [4.69, 9.17) is 0 Å². The van der Waals surface area contributed by atoms with Gasteiger partial charge in [-0.1, -0.05) is 6.92 Å². The number of rotatable bonds is 2. The molecule has 0 amide bonds. The van der Waals surface area contributed by atoms with Gasteiger partial charge in [0, 0.05) is 0 Å². The number of aromatic nitrogens is 1. The Labute approximate surface area is 104 Å². The Morgan fingerprint density at radius 3 is 3.12 bits per heavy atom. The van der Waals surface area contributed by atoms with Gasteiger partial charge >= 0.3 is 0 Å². The van der Waals surface area contributed by atoms with Gasteiger partial charge in [-0.3, -0.25) is 0 Å². The van der Waals surface area contributed by atoms with Gasteiger partial charge in [0.15, 0.2) is 0 Å². The van der Waals surface area contributed by atoms with Crippen molar-refractivity contribution in [2.75, 3.05) is 6.54 Å². The van der Waals surface area contributed by atoms with Crippen LogP contribution in [0.3, 0.4) is 0 Å². The van der Waals surface area contributed by atoms with Crippen molar-refractivity contribution in [3.63, 3.8) is 0 Å². The zero-order chi connectivity index (χ0) is 11.9. The molecule has 1 aromatic heterocycles. The quantitative estimate of drug-likeness (QED) is 0.883. The molecule has 1 fully saturated rings. The van der Waals surface area contributed by atoms with Crippen molar-refractivity contribution in [2.45, 2.75) is 31.7 Å². The number of thiazole rings is 1. The number of halogens is 1. The van der Waals surface area contributed by atoms with Crippen LogP contribution in [0, 0.1) is 5.82 Å². The first-order chi connectivity index (χ1) is 8.23. The second-order valence-electron chi connectivity index (χ2n) is 4.60.